The largest absolute Gasteiger partial charge is 0.481 e. The van der Waals surface area contributed by atoms with Crippen LogP contribution in [0.25, 0.3) is 0 Å². The maximum Gasteiger partial charge on any atom is 0.317 e. The Balaban J connectivity index is 3.30. The van der Waals surface area contributed by atoms with Crippen LogP contribution in [0.15, 0.2) is 0 Å². The molecule has 2 N–H and O–H groups in total. The molecule has 1 unspecified atom stereocenters. The van der Waals surface area contributed by atoms with E-state index in [9.17, 15) is 9.59 Å². The maximum atomic E-state index is 10.9. The molecule has 0 saturated carbocycles. The maximum absolute atomic E-state index is 10.9. The second-order valence-electron chi connectivity index (χ2n) is 5.83. The predicted molar refractivity (Wildman–Crippen MR) is 108 cm³/mol. The van der Waals surface area contributed by atoms with Gasteiger partial charge in [-0.05, 0) is 6.42 Å². The van der Waals surface area contributed by atoms with Crippen molar-refractivity contribution in [3.63, 3.8) is 0 Å². The molecule has 24 heavy (non-hydrogen) atoms. The number of rotatable bonds is 18. The molecule has 142 valence electrons. The lowest BCUT2D eigenvalue weighted by molar-refractivity contribution is -0.142. The van der Waals surface area contributed by atoms with E-state index >= 15 is 0 Å². The van der Waals surface area contributed by atoms with Crippen LogP contribution in [-0.4, -0.2) is 38.2 Å². The van der Waals surface area contributed by atoms with Crippen molar-refractivity contribution in [2.24, 2.45) is 0 Å². The number of carboxylic acid groups (broad SMARTS) is 2. The van der Waals surface area contributed by atoms with Crippen molar-refractivity contribution < 1.29 is 19.8 Å². The molecule has 0 aliphatic carbocycles. The first-order valence-corrected chi connectivity index (χ1v) is 12.4. The second kappa shape index (κ2) is 17.8. The minimum atomic E-state index is -1.06. The summed E-state index contributed by atoms with van der Waals surface area (Å²) < 4.78 is 0. The number of hydrogen-bond acceptors (Lipinski definition) is 5. The van der Waals surface area contributed by atoms with E-state index in [1.165, 1.54) is 76.0 Å². The van der Waals surface area contributed by atoms with Gasteiger partial charge in [0.15, 0.2) is 0 Å². The molecule has 0 amide bonds. The van der Waals surface area contributed by atoms with Crippen LogP contribution in [0.4, 0.5) is 0 Å². The van der Waals surface area contributed by atoms with Crippen molar-refractivity contribution in [3.05, 3.63) is 0 Å². The van der Waals surface area contributed by atoms with Gasteiger partial charge in [0.2, 0.25) is 0 Å². The van der Waals surface area contributed by atoms with Gasteiger partial charge in [-0.25, -0.2) is 0 Å². The molecule has 4 nitrogen and oxygen atoms in total. The van der Waals surface area contributed by atoms with Crippen molar-refractivity contribution in [3.8, 4) is 0 Å². The topological polar surface area (TPSA) is 74.6 Å². The summed E-state index contributed by atoms with van der Waals surface area (Å²) in [6.07, 6.45) is 13.0. The smallest absolute Gasteiger partial charge is 0.317 e. The summed E-state index contributed by atoms with van der Waals surface area (Å²) in [7, 11) is 3.39. The Hall–Kier alpha value is -0.0100. The molecule has 7 heteroatoms. The van der Waals surface area contributed by atoms with Crippen molar-refractivity contribution >= 4 is 45.3 Å². The number of carboxylic acids is 2. The molecule has 0 aromatic heterocycles. The summed E-state index contributed by atoms with van der Waals surface area (Å²) in [5.41, 5.74) is 0. The van der Waals surface area contributed by atoms with Crippen LogP contribution in [0.3, 0.4) is 0 Å². The Labute approximate surface area is 158 Å². The van der Waals surface area contributed by atoms with E-state index in [0.29, 0.717) is 5.08 Å². The lowest BCUT2D eigenvalue weighted by Crippen LogP contribution is -2.20. The average molecular weight is 397 g/mol. The monoisotopic (exact) mass is 396 g/mol. The number of thioether (sulfide) groups is 1. The summed E-state index contributed by atoms with van der Waals surface area (Å²) in [5, 5.41) is 17.4. The molecule has 1 atom stereocenters. The van der Waals surface area contributed by atoms with Gasteiger partial charge in [0.05, 0.1) is 11.5 Å². The van der Waals surface area contributed by atoms with Crippen molar-refractivity contribution in [1.82, 2.24) is 0 Å². The van der Waals surface area contributed by atoms with E-state index < -0.39 is 17.2 Å². The molecule has 0 spiro atoms. The first-order valence-electron chi connectivity index (χ1n) is 8.88. The van der Waals surface area contributed by atoms with Gasteiger partial charge >= 0.3 is 11.9 Å². The van der Waals surface area contributed by atoms with Crippen molar-refractivity contribution in [1.29, 1.82) is 0 Å². The van der Waals surface area contributed by atoms with Gasteiger partial charge in [-0.2, -0.15) is 0 Å². The third kappa shape index (κ3) is 16.8. The SMILES string of the molecule is CCCCCCCCCCCCSSCSC(CC(=O)O)C(=O)O. The summed E-state index contributed by atoms with van der Waals surface area (Å²) >= 11 is 1.20. The zero-order valence-corrected chi connectivity index (χ0v) is 17.2. The Kier molecular flexibility index (Phi) is 17.8. The van der Waals surface area contributed by atoms with E-state index in [4.69, 9.17) is 10.2 Å². The molecule has 0 aromatic carbocycles. The molecule has 0 rings (SSSR count). The third-order valence-corrected chi connectivity index (χ3v) is 7.81. The highest BCUT2D eigenvalue weighted by Crippen LogP contribution is 2.30. The molecule has 0 aliphatic rings. The zero-order chi connectivity index (χ0) is 18.0. The van der Waals surface area contributed by atoms with Gasteiger partial charge in [-0.15, -0.1) is 11.8 Å². The van der Waals surface area contributed by atoms with Crippen molar-refractivity contribution in [2.75, 3.05) is 10.8 Å². The molecular weight excluding hydrogens is 364 g/mol. The van der Waals surface area contributed by atoms with Crippen molar-refractivity contribution in [2.45, 2.75) is 82.8 Å². The predicted octanol–water partition coefficient (Wildman–Crippen LogP) is 5.91. The van der Waals surface area contributed by atoms with E-state index in [1.54, 1.807) is 21.6 Å². The zero-order valence-electron chi connectivity index (χ0n) is 14.7. The third-order valence-electron chi connectivity index (χ3n) is 3.62. The normalized spacial score (nSPS) is 12.2. The van der Waals surface area contributed by atoms with Crippen LogP contribution < -0.4 is 0 Å². The first-order chi connectivity index (χ1) is 11.6. The quantitative estimate of drug-likeness (QED) is 0.169. The lowest BCUT2D eigenvalue weighted by atomic mass is 10.1. The summed E-state index contributed by atoms with van der Waals surface area (Å²) in [4.78, 5) is 21.5. The van der Waals surface area contributed by atoms with Gasteiger partial charge < -0.3 is 10.2 Å². The molecular formula is C17H32O4S3. The molecule has 0 saturated heterocycles. The fourth-order valence-electron chi connectivity index (χ4n) is 2.23. The van der Waals surface area contributed by atoms with Gasteiger partial charge in [0.1, 0.15) is 5.25 Å². The molecule has 0 heterocycles. The van der Waals surface area contributed by atoms with Gasteiger partial charge in [-0.1, -0.05) is 86.3 Å². The molecule has 0 bridgehead atoms. The number of carbonyl (C=O) groups is 2. The summed E-state index contributed by atoms with van der Waals surface area (Å²) in [6.45, 7) is 2.25. The Bertz CT molecular complexity index is 327. The van der Waals surface area contributed by atoms with Gasteiger partial charge in [-0.3, -0.25) is 9.59 Å². The highest BCUT2D eigenvalue weighted by molar-refractivity contribution is 8.78. The second-order valence-corrected chi connectivity index (χ2v) is 9.97. The van der Waals surface area contributed by atoms with E-state index in [1.807, 2.05) is 0 Å². The molecule has 0 aliphatic heterocycles. The standard InChI is InChI=1S/C17H32O4S3/c1-2-3-4-5-6-7-8-9-10-11-12-23-24-14-22-15(17(20)21)13-16(18)19/h15H,2-14H2,1H3,(H,18,19)(H,20,21). The molecule has 0 radical (unpaired) electrons. The highest BCUT2D eigenvalue weighted by Gasteiger charge is 2.21. The minimum absolute atomic E-state index is 0.316. The van der Waals surface area contributed by atoms with Crippen LogP contribution in [-0.2, 0) is 9.59 Å². The number of hydrogen-bond donors (Lipinski definition) is 2. The fourth-order valence-corrected chi connectivity index (χ4v) is 6.04. The van der Waals surface area contributed by atoms with E-state index in [0.717, 1.165) is 5.75 Å². The highest BCUT2D eigenvalue weighted by atomic mass is 33.1. The van der Waals surface area contributed by atoms with Gasteiger partial charge in [0.25, 0.3) is 0 Å². The van der Waals surface area contributed by atoms with Crippen LogP contribution in [0.1, 0.15) is 77.6 Å². The average Bonchev–Trinajstić information content (AvgIpc) is 2.53. The van der Waals surface area contributed by atoms with Crippen LogP contribution in [0, 0.1) is 0 Å². The fraction of sp³-hybridized carbons (Fsp3) is 0.882. The van der Waals surface area contributed by atoms with E-state index in [-0.39, 0.29) is 6.42 Å². The first kappa shape index (κ1) is 24.0. The minimum Gasteiger partial charge on any atom is -0.481 e. The van der Waals surface area contributed by atoms with Gasteiger partial charge in [0, 0.05) is 5.75 Å². The van der Waals surface area contributed by atoms with Crippen LogP contribution in [0.5, 0.6) is 0 Å². The Morgan fingerprint density at radius 2 is 1.38 bits per heavy atom. The summed E-state index contributed by atoms with van der Waals surface area (Å²) in [5.74, 6) is -1.01. The summed E-state index contributed by atoms with van der Waals surface area (Å²) in [6, 6.07) is 0. The van der Waals surface area contributed by atoms with Crippen LogP contribution >= 0.6 is 33.3 Å². The van der Waals surface area contributed by atoms with Crippen LogP contribution in [0.2, 0.25) is 0 Å². The Morgan fingerprint density at radius 3 is 1.88 bits per heavy atom. The number of unbranched alkanes of at least 4 members (excludes halogenated alkanes) is 9. The molecule has 0 fully saturated rings. The number of aliphatic carboxylic acids is 2. The molecule has 0 aromatic rings. The Morgan fingerprint density at radius 1 is 0.833 bits per heavy atom. The van der Waals surface area contributed by atoms with E-state index in [2.05, 4.69) is 6.92 Å². The lowest BCUT2D eigenvalue weighted by Gasteiger charge is -2.08.